The zero-order valence-electron chi connectivity index (χ0n) is 5.53. The summed E-state index contributed by atoms with van der Waals surface area (Å²) in [5, 5.41) is 0. The first kappa shape index (κ1) is 15.7. The molecule has 0 amide bonds. The van der Waals surface area contributed by atoms with E-state index in [1.165, 1.54) is 0 Å². The minimum Gasteiger partial charge on any atom is -1.00 e. The van der Waals surface area contributed by atoms with Gasteiger partial charge in [0.1, 0.15) is 0 Å². The van der Waals surface area contributed by atoms with E-state index in [9.17, 15) is 0 Å². The van der Waals surface area contributed by atoms with Crippen LogP contribution in [-0.2, 0) is 0 Å². The summed E-state index contributed by atoms with van der Waals surface area (Å²) < 4.78 is 0. The van der Waals surface area contributed by atoms with Crippen molar-refractivity contribution in [1.82, 2.24) is 0 Å². The quantitative estimate of drug-likeness (QED) is 0.382. The van der Waals surface area contributed by atoms with Gasteiger partial charge in [-0.1, -0.05) is 0 Å². The number of hydrogen-bond donors (Lipinski definition) is 0. The van der Waals surface area contributed by atoms with Gasteiger partial charge in [-0.2, -0.15) is 9.90 Å². The molecule has 0 heterocycles. The van der Waals surface area contributed by atoms with Crippen LogP contribution in [0.4, 0.5) is 0 Å². The normalized spacial score (nSPS) is 8.57. The molecule has 0 bridgehead atoms. The van der Waals surface area contributed by atoms with Crippen molar-refractivity contribution in [1.29, 1.82) is 0 Å². The molecular formula is C4H15ClP2. The average Bonchev–Trinajstić information content (AvgIpc) is 0.722. The molecule has 3 heteroatoms. The summed E-state index contributed by atoms with van der Waals surface area (Å²) in [7, 11) is -0.389. The van der Waals surface area contributed by atoms with E-state index in [4.69, 9.17) is 0 Å². The van der Waals surface area contributed by atoms with E-state index >= 15 is 0 Å². The van der Waals surface area contributed by atoms with Crippen LogP contribution in [0, 0.1) is 0 Å². The fraction of sp³-hybridized carbons (Fsp3) is 1.00. The lowest BCUT2D eigenvalue weighted by molar-refractivity contribution is -0.00000163. The molecule has 48 valence electrons. The lowest BCUT2D eigenvalue weighted by atomic mass is 11.8. The first-order valence-corrected chi connectivity index (χ1v) is 5.37. The van der Waals surface area contributed by atoms with Crippen LogP contribution >= 0.6 is 17.2 Å². The van der Waals surface area contributed by atoms with E-state index < -0.39 is 0 Å². The molecule has 0 fully saturated rings. The smallest absolute Gasteiger partial charge is 0.0481 e. The topological polar surface area (TPSA) is 0 Å². The first-order chi connectivity index (χ1) is 2.00. The first-order valence-electron chi connectivity index (χ1n) is 1.79. The molecule has 0 saturated heterocycles. The van der Waals surface area contributed by atoms with E-state index in [-0.39, 0.29) is 29.6 Å². The third-order valence-electron chi connectivity index (χ3n) is 0. The molecule has 0 aromatic carbocycles. The molecule has 1 unspecified atom stereocenters. The summed E-state index contributed by atoms with van der Waals surface area (Å²) in [4.78, 5) is 0. The molecule has 0 aliphatic heterocycles. The van der Waals surface area contributed by atoms with Gasteiger partial charge in [-0.05, 0) is 0 Å². The fourth-order valence-corrected chi connectivity index (χ4v) is 0. The standard InChI is InChI=1S/C4H12P.ClH.H3P/c1-5(2,3)4;;/h1-4H3;1H;1H3/q+1;;/p-1. The molecule has 0 spiro atoms. The van der Waals surface area contributed by atoms with Gasteiger partial charge < -0.3 is 12.4 Å². The van der Waals surface area contributed by atoms with Crippen LogP contribution in [0.2, 0.25) is 0 Å². The molecule has 0 aromatic rings. The van der Waals surface area contributed by atoms with Crippen LogP contribution in [0.5, 0.6) is 0 Å². The lowest BCUT2D eigenvalue weighted by Gasteiger charge is -1.97. The summed E-state index contributed by atoms with van der Waals surface area (Å²) in [5.74, 6) is 0. The molecular weight excluding hydrogens is 145 g/mol. The Morgan fingerprint density at radius 1 is 0.857 bits per heavy atom. The van der Waals surface area contributed by atoms with Gasteiger partial charge >= 0.3 is 0 Å². The van der Waals surface area contributed by atoms with Crippen molar-refractivity contribution in [2.24, 2.45) is 0 Å². The summed E-state index contributed by atoms with van der Waals surface area (Å²) >= 11 is 0. The van der Waals surface area contributed by atoms with Gasteiger partial charge in [0.2, 0.25) is 0 Å². The molecule has 0 radical (unpaired) electrons. The maximum atomic E-state index is 2.30. The second-order valence-corrected chi connectivity index (χ2v) is 8.05. The third kappa shape index (κ3) is 143. The molecule has 0 aliphatic carbocycles. The fourth-order valence-electron chi connectivity index (χ4n) is 0. The van der Waals surface area contributed by atoms with Crippen molar-refractivity contribution in [3.05, 3.63) is 0 Å². The van der Waals surface area contributed by atoms with Crippen molar-refractivity contribution >= 4 is 17.2 Å². The van der Waals surface area contributed by atoms with Gasteiger partial charge in [-0.15, -0.1) is 0 Å². The minimum atomic E-state index is -0.389. The molecule has 0 aromatic heterocycles. The van der Waals surface area contributed by atoms with Crippen LogP contribution in [0.25, 0.3) is 0 Å². The van der Waals surface area contributed by atoms with Crippen LogP contribution in [0.15, 0.2) is 0 Å². The highest BCUT2D eigenvalue weighted by molar-refractivity contribution is 7.72. The van der Waals surface area contributed by atoms with E-state index in [0.29, 0.717) is 0 Å². The SMILES string of the molecule is C[P+](C)(C)C.P.[Cl-]. The van der Waals surface area contributed by atoms with Crippen LogP contribution < -0.4 is 12.4 Å². The van der Waals surface area contributed by atoms with Crippen molar-refractivity contribution in [3.63, 3.8) is 0 Å². The van der Waals surface area contributed by atoms with Gasteiger partial charge in [-0.3, -0.25) is 0 Å². The zero-order chi connectivity index (χ0) is 4.50. The Hall–Kier alpha value is 1.15. The van der Waals surface area contributed by atoms with Crippen molar-refractivity contribution in [2.75, 3.05) is 26.7 Å². The second-order valence-electron chi connectivity index (χ2n) is 2.68. The highest BCUT2D eigenvalue weighted by Gasteiger charge is 2.03. The number of rotatable bonds is 0. The number of hydrogen-bond acceptors (Lipinski definition) is 0. The minimum absolute atomic E-state index is 0. The maximum absolute atomic E-state index is 2.30. The Bertz CT molecular complexity index is 25.2. The predicted molar refractivity (Wildman–Crippen MR) is 41.7 cm³/mol. The molecule has 0 aliphatic rings. The van der Waals surface area contributed by atoms with E-state index in [1.54, 1.807) is 0 Å². The Labute approximate surface area is 56.8 Å². The van der Waals surface area contributed by atoms with Gasteiger partial charge in [0.05, 0.1) is 0 Å². The second kappa shape index (κ2) is 5.29. The maximum Gasteiger partial charge on any atom is 0.0481 e. The molecule has 1 atom stereocenters. The van der Waals surface area contributed by atoms with E-state index in [0.717, 1.165) is 0 Å². The Balaban J connectivity index is -0.0000000800. The molecule has 0 nitrogen and oxygen atoms in total. The molecule has 0 saturated carbocycles. The average molecular weight is 161 g/mol. The predicted octanol–water partition coefficient (Wildman–Crippen LogP) is -1.41. The molecule has 0 rings (SSSR count). The van der Waals surface area contributed by atoms with E-state index in [1.807, 2.05) is 0 Å². The van der Waals surface area contributed by atoms with Crippen LogP contribution in [0.1, 0.15) is 0 Å². The van der Waals surface area contributed by atoms with Crippen molar-refractivity contribution in [2.45, 2.75) is 0 Å². The van der Waals surface area contributed by atoms with Crippen molar-refractivity contribution < 1.29 is 12.4 Å². The highest BCUT2D eigenvalue weighted by atomic mass is 35.5. The largest absolute Gasteiger partial charge is 1.00 e. The third-order valence-corrected chi connectivity index (χ3v) is 0. The van der Waals surface area contributed by atoms with E-state index in [2.05, 4.69) is 26.7 Å². The molecule has 0 N–H and O–H groups in total. The van der Waals surface area contributed by atoms with Crippen LogP contribution in [-0.4, -0.2) is 26.7 Å². The summed E-state index contributed by atoms with van der Waals surface area (Å²) in [6.45, 7) is 9.19. The van der Waals surface area contributed by atoms with Crippen LogP contribution in [0.3, 0.4) is 0 Å². The Morgan fingerprint density at radius 3 is 0.857 bits per heavy atom. The Kier molecular flexibility index (Phi) is 11.9. The summed E-state index contributed by atoms with van der Waals surface area (Å²) in [6.07, 6.45) is 0. The monoisotopic (exact) mass is 160 g/mol. The lowest BCUT2D eigenvalue weighted by Crippen LogP contribution is -3.00. The van der Waals surface area contributed by atoms with Gasteiger partial charge in [0.25, 0.3) is 0 Å². The van der Waals surface area contributed by atoms with Gasteiger partial charge in [0, 0.05) is 33.9 Å². The summed E-state index contributed by atoms with van der Waals surface area (Å²) in [5.41, 5.74) is 0. The van der Waals surface area contributed by atoms with Gasteiger partial charge in [-0.25, -0.2) is 0 Å². The summed E-state index contributed by atoms with van der Waals surface area (Å²) in [6, 6.07) is 0. The highest BCUT2D eigenvalue weighted by Crippen LogP contribution is 2.40. The van der Waals surface area contributed by atoms with Crippen molar-refractivity contribution in [3.8, 4) is 0 Å². The Morgan fingerprint density at radius 2 is 0.857 bits per heavy atom. The van der Waals surface area contributed by atoms with Gasteiger partial charge in [0.15, 0.2) is 0 Å². The zero-order valence-corrected chi connectivity index (χ0v) is 8.60. The number of halogens is 1. The molecule has 7 heavy (non-hydrogen) atoms.